The van der Waals surface area contributed by atoms with Crippen molar-refractivity contribution >= 4 is 5.91 Å². The monoisotopic (exact) mass is 259 g/mol. The van der Waals surface area contributed by atoms with Gasteiger partial charge in [-0.05, 0) is 25.0 Å². The van der Waals surface area contributed by atoms with Crippen molar-refractivity contribution < 1.29 is 9.21 Å². The fourth-order valence-electron chi connectivity index (χ4n) is 2.43. The van der Waals surface area contributed by atoms with Gasteiger partial charge in [-0.3, -0.25) is 9.89 Å². The van der Waals surface area contributed by atoms with Crippen molar-refractivity contribution in [1.29, 1.82) is 0 Å². The lowest BCUT2D eigenvalue weighted by atomic mass is 10.2. The van der Waals surface area contributed by atoms with Crippen LogP contribution < -0.4 is 0 Å². The summed E-state index contributed by atoms with van der Waals surface area (Å²) in [4.78, 5) is 14.2. The normalized spacial score (nSPS) is 16.3. The summed E-state index contributed by atoms with van der Waals surface area (Å²) in [6.45, 7) is 1.67. The van der Waals surface area contributed by atoms with Gasteiger partial charge in [0.05, 0.1) is 6.26 Å². The van der Waals surface area contributed by atoms with Crippen LogP contribution in [0.5, 0.6) is 0 Å². The van der Waals surface area contributed by atoms with Gasteiger partial charge in [-0.1, -0.05) is 12.8 Å². The van der Waals surface area contributed by atoms with Crippen molar-refractivity contribution in [2.24, 2.45) is 0 Å². The van der Waals surface area contributed by atoms with Gasteiger partial charge >= 0.3 is 0 Å². The van der Waals surface area contributed by atoms with E-state index in [2.05, 4.69) is 10.2 Å². The second-order valence-corrected chi connectivity index (χ2v) is 4.85. The first-order chi connectivity index (χ1) is 9.34. The summed E-state index contributed by atoms with van der Waals surface area (Å²) in [6.07, 6.45) is 6.19. The number of carbonyl (C=O) groups is 1. The fraction of sp³-hybridized carbons (Fsp3) is 0.429. The molecule has 3 heterocycles. The molecule has 3 rings (SSSR count). The quantitative estimate of drug-likeness (QED) is 0.901. The van der Waals surface area contributed by atoms with Gasteiger partial charge in [0, 0.05) is 19.2 Å². The van der Waals surface area contributed by atoms with Gasteiger partial charge in [-0.25, -0.2) is 0 Å². The molecular formula is C14H17N3O2. The Bertz CT molecular complexity index is 537. The maximum Gasteiger partial charge on any atom is 0.274 e. The van der Waals surface area contributed by atoms with Crippen molar-refractivity contribution in [3.63, 3.8) is 0 Å². The van der Waals surface area contributed by atoms with Gasteiger partial charge in [-0.15, -0.1) is 0 Å². The highest BCUT2D eigenvalue weighted by Crippen LogP contribution is 2.19. The minimum Gasteiger partial charge on any atom is -0.463 e. The number of hydrogen-bond acceptors (Lipinski definition) is 3. The van der Waals surface area contributed by atoms with E-state index in [-0.39, 0.29) is 5.91 Å². The zero-order valence-corrected chi connectivity index (χ0v) is 10.8. The summed E-state index contributed by atoms with van der Waals surface area (Å²) in [6, 6.07) is 5.41. The number of aromatic amines is 1. The van der Waals surface area contributed by atoms with Gasteiger partial charge in [-0.2, -0.15) is 5.10 Å². The Morgan fingerprint density at radius 3 is 2.74 bits per heavy atom. The van der Waals surface area contributed by atoms with E-state index in [1.54, 1.807) is 12.3 Å². The molecule has 0 aliphatic carbocycles. The second-order valence-electron chi connectivity index (χ2n) is 4.85. The first-order valence-electron chi connectivity index (χ1n) is 6.73. The number of nitrogens with one attached hydrogen (secondary N) is 1. The largest absolute Gasteiger partial charge is 0.463 e. The van der Waals surface area contributed by atoms with E-state index in [0.717, 1.165) is 31.6 Å². The minimum atomic E-state index is 0.0101. The molecule has 19 heavy (non-hydrogen) atoms. The lowest BCUT2D eigenvalue weighted by Crippen LogP contribution is -2.32. The average molecular weight is 259 g/mol. The third-order valence-corrected chi connectivity index (χ3v) is 3.48. The van der Waals surface area contributed by atoms with Crippen LogP contribution in [0.4, 0.5) is 0 Å². The SMILES string of the molecule is O=C(c1cc(-c2ccco2)[nH]n1)N1CCCCCC1. The van der Waals surface area contributed by atoms with Gasteiger partial charge in [0.1, 0.15) is 5.69 Å². The summed E-state index contributed by atoms with van der Waals surface area (Å²) in [5.41, 5.74) is 1.21. The van der Waals surface area contributed by atoms with E-state index in [1.807, 2.05) is 17.0 Å². The lowest BCUT2D eigenvalue weighted by molar-refractivity contribution is 0.0755. The molecule has 0 atom stereocenters. The topological polar surface area (TPSA) is 62.1 Å². The van der Waals surface area contributed by atoms with E-state index in [4.69, 9.17) is 4.42 Å². The van der Waals surface area contributed by atoms with Gasteiger partial charge in [0.15, 0.2) is 11.5 Å². The molecular weight excluding hydrogens is 242 g/mol. The van der Waals surface area contributed by atoms with Gasteiger partial charge < -0.3 is 9.32 Å². The number of likely N-dealkylation sites (tertiary alicyclic amines) is 1. The smallest absolute Gasteiger partial charge is 0.274 e. The van der Waals surface area contributed by atoms with Crippen LogP contribution in [-0.2, 0) is 0 Å². The number of H-pyrrole nitrogens is 1. The summed E-state index contributed by atoms with van der Waals surface area (Å²) < 4.78 is 5.28. The molecule has 0 saturated carbocycles. The van der Waals surface area contributed by atoms with Crippen molar-refractivity contribution in [3.05, 3.63) is 30.2 Å². The standard InChI is InChI=1S/C14H17N3O2/c18-14(17-7-3-1-2-4-8-17)12-10-11(15-16-12)13-6-5-9-19-13/h5-6,9-10H,1-4,7-8H2,(H,15,16). The number of hydrogen-bond donors (Lipinski definition) is 1. The lowest BCUT2D eigenvalue weighted by Gasteiger charge is -2.18. The molecule has 1 amide bonds. The first kappa shape index (κ1) is 12.0. The van der Waals surface area contributed by atoms with Gasteiger partial charge in [0.25, 0.3) is 5.91 Å². The van der Waals surface area contributed by atoms with E-state index < -0.39 is 0 Å². The van der Waals surface area contributed by atoms with Crippen LogP contribution in [0, 0.1) is 0 Å². The number of nitrogens with zero attached hydrogens (tertiary/aromatic N) is 2. The third kappa shape index (κ3) is 2.54. The first-order valence-corrected chi connectivity index (χ1v) is 6.73. The Hall–Kier alpha value is -2.04. The number of carbonyl (C=O) groups excluding carboxylic acids is 1. The predicted octanol–water partition coefficient (Wildman–Crippen LogP) is 2.69. The molecule has 1 aliphatic heterocycles. The van der Waals surface area contributed by atoms with Crippen LogP contribution in [-0.4, -0.2) is 34.1 Å². The number of amides is 1. The zero-order chi connectivity index (χ0) is 13.1. The molecule has 0 aromatic carbocycles. The molecule has 5 heteroatoms. The van der Waals surface area contributed by atoms with Crippen LogP contribution in [0.3, 0.4) is 0 Å². The van der Waals surface area contributed by atoms with E-state index in [0.29, 0.717) is 11.5 Å². The Kier molecular flexibility index (Phi) is 3.35. The molecule has 1 fully saturated rings. The Morgan fingerprint density at radius 1 is 1.26 bits per heavy atom. The molecule has 1 aliphatic rings. The van der Waals surface area contributed by atoms with Crippen molar-refractivity contribution in [1.82, 2.24) is 15.1 Å². The molecule has 0 spiro atoms. The molecule has 1 saturated heterocycles. The Labute approximate surface area is 111 Å². The van der Waals surface area contributed by atoms with Crippen LogP contribution in [0.15, 0.2) is 28.9 Å². The fourth-order valence-corrected chi connectivity index (χ4v) is 2.43. The number of aromatic nitrogens is 2. The molecule has 100 valence electrons. The Morgan fingerprint density at radius 2 is 2.05 bits per heavy atom. The maximum atomic E-state index is 12.3. The number of furan rings is 1. The molecule has 0 radical (unpaired) electrons. The van der Waals surface area contributed by atoms with Crippen LogP contribution in [0.2, 0.25) is 0 Å². The van der Waals surface area contributed by atoms with Gasteiger partial charge in [0.2, 0.25) is 0 Å². The summed E-state index contributed by atoms with van der Waals surface area (Å²) in [5, 5.41) is 6.95. The highest BCUT2D eigenvalue weighted by molar-refractivity contribution is 5.93. The van der Waals surface area contributed by atoms with Crippen LogP contribution in [0.1, 0.15) is 36.2 Å². The highest BCUT2D eigenvalue weighted by atomic mass is 16.3. The van der Waals surface area contributed by atoms with E-state index in [1.165, 1.54) is 12.8 Å². The summed E-state index contributed by atoms with van der Waals surface area (Å²) in [7, 11) is 0. The minimum absolute atomic E-state index is 0.0101. The zero-order valence-electron chi connectivity index (χ0n) is 10.8. The third-order valence-electron chi connectivity index (χ3n) is 3.48. The van der Waals surface area contributed by atoms with Crippen LogP contribution in [0.25, 0.3) is 11.5 Å². The molecule has 1 N–H and O–H groups in total. The average Bonchev–Trinajstić information content (AvgIpc) is 3.04. The highest BCUT2D eigenvalue weighted by Gasteiger charge is 2.20. The molecule has 5 nitrogen and oxygen atoms in total. The number of rotatable bonds is 2. The second kappa shape index (κ2) is 5.30. The Balaban J connectivity index is 1.76. The van der Waals surface area contributed by atoms with E-state index in [9.17, 15) is 4.79 Å². The predicted molar refractivity (Wildman–Crippen MR) is 70.7 cm³/mol. The summed E-state index contributed by atoms with van der Waals surface area (Å²) in [5.74, 6) is 0.707. The van der Waals surface area contributed by atoms with Crippen LogP contribution >= 0.6 is 0 Å². The summed E-state index contributed by atoms with van der Waals surface area (Å²) >= 11 is 0. The van der Waals surface area contributed by atoms with Crippen molar-refractivity contribution in [2.45, 2.75) is 25.7 Å². The molecule has 2 aromatic rings. The van der Waals surface area contributed by atoms with Crippen molar-refractivity contribution in [2.75, 3.05) is 13.1 Å². The maximum absolute atomic E-state index is 12.3. The molecule has 0 unspecified atom stereocenters. The van der Waals surface area contributed by atoms with E-state index >= 15 is 0 Å². The van der Waals surface area contributed by atoms with Crippen molar-refractivity contribution in [3.8, 4) is 11.5 Å². The molecule has 2 aromatic heterocycles. The molecule has 0 bridgehead atoms.